The first kappa shape index (κ1) is 23.5. The first-order chi connectivity index (χ1) is 18.0. The molecule has 3 aromatic heterocycles. The van der Waals surface area contributed by atoms with Gasteiger partial charge in [0.05, 0.1) is 28.6 Å². The quantitative estimate of drug-likeness (QED) is 0.303. The molecule has 0 bridgehead atoms. The molecule has 1 saturated heterocycles. The number of halogens is 1. The van der Waals surface area contributed by atoms with Gasteiger partial charge in [0.2, 0.25) is 0 Å². The van der Waals surface area contributed by atoms with Crippen molar-refractivity contribution < 1.29 is 9.13 Å². The molecule has 0 unspecified atom stereocenters. The molecule has 0 spiro atoms. The molecule has 6 rings (SSSR count). The highest BCUT2D eigenvalue weighted by molar-refractivity contribution is 6.21. The minimum absolute atomic E-state index is 0.145. The van der Waals surface area contributed by atoms with E-state index in [4.69, 9.17) is 9.72 Å². The van der Waals surface area contributed by atoms with E-state index in [-0.39, 0.29) is 5.56 Å². The van der Waals surface area contributed by atoms with Crippen LogP contribution in [0.15, 0.2) is 41.2 Å². The van der Waals surface area contributed by atoms with Crippen LogP contribution in [0.5, 0.6) is 5.75 Å². The van der Waals surface area contributed by atoms with Crippen LogP contribution < -0.4 is 15.2 Å². The number of H-pyrrole nitrogens is 1. The number of nitrogens with one attached hydrogen (secondary N) is 1. The van der Waals surface area contributed by atoms with Crippen molar-refractivity contribution in [1.29, 1.82) is 0 Å². The van der Waals surface area contributed by atoms with Gasteiger partial charge in [-0.1, -0.05) is 6.07 Å². The highest BCUT2D eigenvalue weighted by Crippen LogP contribution is 2.38. The second-order valence-corrected chi connectivity index (χ2v) is 9.66. The zero-order valence-electron chi connectivity index (χ0n) is 21.4. The van der Waals surface area contributed by atoms with Gasteiger partial charge in [-0.2, -0.15) is 5.10 Å². The number of hydrogen-bond acceptors (Lipinski definition) is 5. The summed E-state index contributed by atoms with van der Waals surface area (Å²) in [7, 11) is 0. The Morgan fingerprint density at radius 2 is 1.84 bits per heavy atom. The molecule has 4 heterocycles. The molecule has 1 aliphatic rings. The Balaban J connectivity index is 1.73. The topological polar surface area (TPSA) is 76.0 Å². The van der Waals surface area contributed by atoms with Crippen LogP contribution in [0.3, 0.4) is 0 Å². The molecular weight excluding hydrogens is 469 g/mol. The minimum atomic E-state index is -0.447. The molecule has 0 radical (unpaired) electrons. The Hall–Kier alpha value is -3.94. The van der Waals surface area contributed by atoms with Gasteiger partial charge in [-0.3, -0.25) is 9.89 Å². The molecule has 8 heteroatoms. The largest absolute Gasteiger partial charge is 0.494 e. The molecule has 2 aromatic carbocycles. The van der Waals surface area contributed by atoms with Crippen LogP contribution in [-0.4, -0.2) is 39.4 Å². The number of anilines is 1. The highest BCUT2D eigenvalue weighted by atomic mass is 19.1. The molecule has 5 aromatic rings. The minimum Gasteiger partial charge on any atom is -0.494 e. The smallest absolute Gasteiger partial charge is 0.261 e. The number of aromatic nitrogens is 4. The van der Waals surface area contributed by atoms with Crippen LogP contribution in [0, 0.1) is 12.7 Å². The first-order valence-corrected chi connectivity index (χ1v) is 13.0. The maximum Gasteiger partial charge on any atom is 0.261 e. The number of rotatable bonds is 5. The Labute approximate surface area is 213 Å². The lowest BCUT2D eigenvalue weighted by Gasteiger charge is -2.29. The number of pyridine rings is 2. The van der Waals surface area contributed by atoms with Gasteiger partial charge in [0, 0.05) is 53.4 Å². The molecular formula is C29H30FN5O2. The van der Waals surface area contributed by atoms with Gasteiger partial charge in [-0.05, 0) is 64.3 Å². The number of benzene rings is 2. The second-order valence-electron chi connectivity index (χ2n) is 9.66. The molecule has 190 valence electrons. The van der Waals surface area contributed by atoms with E-state index in [0.29, 0.717) is 41.2 Å². The SMILES string of the molecule is CCOc1cc(F)cc(-c2nc3n[nH]c(C)c3c3c2c(=O)n(CC)c2cc(N4CCCCC4)ccc32)c1. The van der Waals surface area contributed by atoms with E-state index in [1.807, 2.05) is 20.8 Å². The number of piperidine rings is 1. The fourth-order valence-corrected chi connectivity index (χ4v) is 5.70. The second kappa shape index (κ2) is 9.18. The third-order valence-corrected chi connectivity index (χ3v) is 7.38. The fourth-order valence-electron chi connectivity index (χ4n) is 5.70. The molecule has 7 nitrogen and oxygen atoms in total. The van der Waals surface area contributed by atoms with Gasteiger partial charge < -0.3 is 14.2 Å². The van der Waals surface area contributed by atoms with E-state index in [1.165, 1.54) is 31.4 Å². The predicted octanol–water partition coefficient (Wildman–Crippen LogP) is 5.95. The summed E-state index contributed by atoms with van der Waals surface area (Å²) in [6, 6.07) is 10.9. The summed E-state index contributed by atoms with van der Waals surface area (Å²) in [5, 5.41) is 10.5. The van der Waals surface area contributed by atoms with Crippen LogP contribution in [0.4, 0.5) is 10.1 Å². The van der Waals surface area contributed by atoms with Crippen molar-refractivity contribution in [3.63, 3.8) is 0 Å². The van der Waals surface area contributed by atoms with E-state index in [1.54, 1.807) is 10.6 Å². The summed E-state index contributed by atoms with van der Waals surface area (Å²) < 4.78 is 22.1. The average Bonchev–Trinajstić information content (AvgIpc) is 3.28. The predicted molar refractivity (Wildman–Crippen MR) is 146 cm³/mol. The monoisotopic (exact) mass is 499 g/mol. The van der Waals surface area contributed by atoms with E-state index in [9.17, 15) is 9.18 Å². The summed E-state index contributed by atoms with van der Waals surface area (Å²) in [6.45, 7) is 8.72. The molecule has 37 heavy (non-hydrogen) atoms. The number of hydrogen-bond donors (Lipinski definition) is 1. The van der Waals surface area contributed by atoms with Crippen molar-refractivity contribution in [2.45, 2.75) is 46.6 Å². The molecule has 0 saturated carbocycles. The molecule has 1 fully saturated rings. The van der Waals surface area contributed by atoms with Gasteiger partial charge in [-0.25, -0.2) is 9.37 Å². The number of aromatic amines is 1. The molecule has 0 amide bonds. The summed E-state index contributed by atoms with van der Waals surface area (Å²) in [5.41, 5.74) is 4.10. The third kappa shape index (κ3) is 3.82. The summed E-state index contributed by atoms with van der Waals surface area (Å²) in [6.07, 6.45) is 3.61. The van der Waals surface area contributed by atoms with Crippen LogP contribution in [0.2, 0.25) is 0 Å². The first-order valence-electron chi connectivity index (χ1n) is 13.0. The van der Waals surface area contributed by atoms with Gasteiger partial charge >= 0.3 is 0 Å². The zero-order chi connectivity index (χ0) is 25.7. The van der Waals surface area contributed by atoms with Crippen LogP contribution in [-0.2, 0) is 6.54 Å². The molecule has 0 aliphatic carbocycles. The van der Waals surface area contributed by atoms with Gasteiger partial charge in [0.1, 0.15) is 11.6 Å². The van der Waals surface area contributed by atoms with Gasteiger partial charge in [0.15, 0.2) is 5.65 Å². The normalized spacial score (nSPS) is 14.2. The van der Waals surface area contributed by atoms with E-state index in [2.05, 4.69) is 33.3 Å². The third-order valence-electron chi connectivity index (χ3n) is 7.38. The Kier molecular flexibility index (Phi) is 5.82. The Morgan fingerprint density at radius 3 is 2.59 bits per heavy atom. The summed E-state index contributed by atoms with van der Waals surface area (Å²) in [5.74, 6) is -0.0504. The highest BCUT2D eigenvalue weighted by Gasteiger charge is 2.23. The van der Waals surface area contributed by atoms with Crippen molar-refractivity contribution in [3.8, 4) is 17.0 Å². The lowest BCUT2D eigenvalue weighted by Crippen LogP contribution is -2.29. The lowest BCUT2D eigenvalue weighted by molar-refractivity contribution is 0.338. The van der Waals surface area contributed by atoms with Crippen LogP contribution >= 0.6 is 0 Å². The molecule has 1 N–H and O–H groups in total. The summed E-state index contributed by atoms with van der Waals surface area (Å²) >= 11 is 0. The number of ether oxygens (including phenoxy) is 1. The fraction of sp³-hybridized carbons (Fsp3) is 0.345. The van der Waals surface area contributed by atoms with Crippen LogP contribution in [0.25, 0.3) is 44.0 Å². The standard InChI is InChI=1S/C29H30FN5O2/c1-4-35-23-16-20(34-11-7-6-8-12-34)9-10-22(23)25-24-17(3)32-33-28(24)31-27(26(25)29(35)36)18-13-19(30)15-21(14-18)37-5-2/h9-10,13-16H,4-8,11-12H2,1-3H3,(H,31,32,33). The molecule has 1 aliphatic heterocycles. The Bertz CT molecular complexity index is 1720. The van der Waals surface area contributed by atoms with Crippen molar-refractivity contribution in [1.82, 2.24) is 19.7 Å². The number of fused-ring (bicyclic) bond motifs is 5. The lowest BCUT2D eigenvalue weighted by atomic mass is 9.97. The van der Waals surface area contributed by atoms with Gasteiger partial charge in [0.25, 0.3) is 5.56 Å². The van der Waals surface area contributed by atoms with Crippen LogP contribution in [0.1, 0.15) is 38.8 Å². The van der Waals surface area contributed by atoms with Crippen molar-refractivity contribution in [2.75, 3.05) is 24.6 Å². The van der Waals surface area contributed by atoms with Crippen molar-refractivity contribution >= 4 is 38.4 Å². The van der Waals surface area contributed by atoms with Crippen molar-refractivity contribution in [3.05, 3.63) is 58.3 Å². The summed E-state index contributed by atoms with van der Waals surface area (Å²) in [4.78, 5) is 21.4. The Morgan fingerprint density at radius 1 is 1.03 bits per heavy atom. The zero-order valence-corrected chi connectivity index (χ0v) is 21.4. The number of aryl methyl sites for hydroxylation is 2. The van der Waals surface area contributed by atoms with Crippen molar-refractivity contribution in [2.24, 2.45) is 0 Å². The average molecular weight is 500 g/mol. The van der Waals surface area contributed by atoms with E-state index >= 15 is 0 Å². The maximum absolute atomic E-state index is 14.7. The maximum atomic E-state index is 14.7. The number of nitrogens with zero attached hydrogens (tertiary/aromatic N) is 4. The van der Waals surface area contributed by atoms with E-state index < -0.39 is 5.82 Å². The van der Waals surface area contributed by atoms with Gasteiger partial charge in [-0.15, -0.1) is 0 Å². The van der Waals surface area contributed by atoms with E-state index in [0.717, 1.165) is 46.1 Å². The molecule has 0 atom stereocenters.